The number of fused-ring (bicyclic) bond motifs is 3. The van der Waals surface area contributed by atoms with Crippen LogP contribution in [0.3, 0.4) is 0 Å². The van der Waals surface area contributed by atoms with Gasteiger partial charge in [0.2, 0.25) is 0 Å². The molecule has 2 N–H and O–H groups in total. The van der Waals surface area contributed by atoms with Crippen LogP contribution in [-0.2, 0) is 20.7 Å². The van der Waals surface area contributed by atoms with Gasteiger partial charge in [-0.25, -0.2) is 4.79 Å². The van der Waals surface area contributed by atoms with Gasteiger partial charge in [0.05, 0.1) is 19.2 Å². The molecule has 1 aromatic heterocycles. The van der Waals surface area contributed by atoms with E-state index in [1.54, 1.807) is 7.11 Å². The Morgan fingerprint density at radius 1 is 1.44 bits per heavy atom. The standard InChI is InChI=1S/C17H23N3O4S/c1-22-10-24-20-8-7-12-11-5-3-4-6-13(11)18-15(12)16(20)14(9-25)19-17(21)23-2/h3-6,14,16,18,25H,7-10H2,1-2H3,(H,19,21)/t14-,16+/m0/s1. The lowest BCUT2D eigenvalue weighted by Gasteiger charge is -2.38. The molecule has 1 amide bonds. The SMILES string of the molecule is COCON1CCc2c([nH]c3ccccc23)[C@H]1[C@H](CS)NC(=O)OC. The fourth-order valence-electron chi connectivity index (χ4n) is 3.35. The summed E-state index contributed by atoms with van der Waals surface area (Å²) >= 11 is 4.43. The average molecular weight is 365 g/mol. The van der Waals surface area contributed by atoms with E-state index in [9.17, 15) is 4.79 Å². The number of alkyl carbamates (subject to hydrolysis) is 1. The number of methoxy groups -OCH3 is 2. The predicted octanol–water partition coefficient (Wildman–Crippen LogP) is 2.26. The lowest BCUT2D eigenvalue weighted by molar-refractivity contribution is -0.246. The zero-order valence-corrected chi connectivity index (χ0v) is 15.2. The highest BCUT2D eigenvalue weighted by atomic mass is 32.1. The van der Waals surface area contributed by atoms with Gasteiger partial charge in [-0.05, 0) is 18.1 Å². The van der Waals surface area contributed by atoms with Crippen LogP contribution in [0.25, 0.3) is 10.9 Å². The van der Waals surface area contributed by atoms with Gasteiger partial charge in [-0.2, -0.15) is 17.7 Å². The van der Waals surface area contributed by atoms with Crippen molar-refractivity contribution in [2.45, 2.75) is 18.5 Å². The quantitative estimate of drug-likeness (QED) is 0.541. The van der Waals surface area contributed by atoms with Gasteiger partial charge < -0.3 is 19.8 Å². The van der Waals surface area contributed by atoms with Gasteiger partial charge in [0, 0.05) is 36.0 Å². The molecule has 2 aromatic rings. The minimum Gasteiger partial charge on any atom is -0.453 e. The highest BCUT2D eigenvalue weighted by Crippen LogP contribution is 2.36. The number of nitrogens with zero attached hydrogens (tertiary/aromatic N) is 1. The lowest BCUT2D eigenvalue weighted by atomic mass is 9.95. The summed E-state index contributed by atoms with van der Waals surface area (Å²) in [6, 6.07) is 7.68. The van der Waals surface area contributed by atoms with Crippen molar-refractivity contribution in [1.29, 1.82) is 0 Å². The van der Waals surface area contributed by atoms with Crippen molar-refractivity contribution >= 4 is 29.6 Å². The van der Waals surface area contributed by atoms with Crippen LogP contribution in [0.15, 0.2) is 24.3 Å². The average Bonchev–Trinajstić information content (AvgIpc) is 3.02. The Kier molecular flexibility index (Phi) is 5.85. The van der Waals surface area contributed by atoms with E-state index in [-0.39, 0.29) is 18.9 Å². The molecule has 1 aliphatic rings. The summed E-state index contributed by atoms with van der Waals surface area (Å²) in [5, 5.41) is 5.90. The second-order valence-electron chi connectivity index (χ2n) is 5.86. The summed E-state index contributed by atoms with van der Waals surface area (Å²) in [5.74, 6) is 0.432. The van der Waals surface area contributed by atoms with Crippen LogP contribution in [0, 0.1) is 0 Å². The summed E-state index contributed by atoms with van der Waals surface area (Å²) in [4.78, 5) is 21.0. The Labute approximate surface area is 152 Å². The first-order chi connectivity index (χ1) is 12.2. The van der Waals surface area contributed by atoms with Crippen LogP contribution in [0.5, 0.6) is 0 Å². The maximum atomic E-state index is 11.8. The van der Waals surface area contributed by atoms with Crippen molar-refractivity contribution in [1.82, 2.24) is 15.4 Å². The number of H-pyrrole nitrogens is 1. The van der Waals surface area contributed by atoms with E-state index < -0.39 is 6.09 Å². The molecule has 25 heavy (non-hydrogen) atoms. The summed E-state index contributed by atoms with van der Waals surface area (Å²) in [6.07, 6.45) is 0.353. The largest absolute Gasteiger partial charge is 0.453 e. The topological polar surface area (TPSA) is 75.8 Å². The first-order valence-electron chi connectivity index (χ1n) is 8.13. The van der Waals surface area contributed by atoms with Crippen LogP contribution >= 0.6 is 12.6 Å². The lowest BCUT2D eigenvalue weighted by Crippen LogP contribution is -2.50. The summed E-state index contributed by atoms with van der Waals surface area (Å²) in [7, 11) is 2.93. The van der Waals surface area contributed by atoms with Gasteiger partial charge >= 0.3 is 6.09 Å². The molecule has 1 aliphatic heterocycles. The molecule has 136 valence electrons. The second-order valence-corrected chi connectivity index (χ2v) is 6.22. The van der Waals surface area contributed by atoms with Gasteiger partial charge in [0.1, 0.15) is 0 Å². The number of aromatic nitrogens is 1. The van der Waals surface area contributed by atoms with Crippen LogP contribution in [0.2, 0.25) is 0 Å². The molecular weight excluding hydrogens is 342 g/mol. The van der Waals surface area contributed by atoms with Crippen molar-refractivity contribution in [3.63, 3.8) is 0 Å². The number of benzene rings is 1. The van der Waals surface area contributed by atoms with Crippen LogP contribution in [0.1, 0.15) is 17.3 Å². The first kappa shape index (κ1) is 18.1. The number of carbonyl (C=O) groups is 1. The minimum absolute atomic E-state index is 0.142. The molecule has 0 fully saturated rings. The molecule has 3 rings (SSSR count). The van der Waals surface area contributed by atoms with E-state index >= 15 is 0 Å². The van der Waals surface area contributed by atoms with Gasteiger partial charge in [-0.15, -0.1) is 0 Å². The van der Waals surface area contributed by atoms with Gasteiger partial charge in [0.15, 0.2) is 6.79 Å². The molecule has 0 aliphatic carbocycles. The third-order valence-electron chi connectivity index (χ3n) is 4.44. The number of rotatable bonds is 6. The Morgan fingerprint density at radius 2 is 2.24 bits per heavy atom. The van der Waals surface area contributed by atoms with E-state index in [1.165, 1.54) is 18.1 Å². The number of amides is 1. The number of nitrogens with one attached hydrogen (secondary N) is 2. The molecular formula is C17H23N3O4S. The third-order valence-corrected chi connectivity index (χ3v) is 4.83. The molecule has 7 nitrogen and oxygen atoms in total. The molecule has 2 heterocycles. The number of thiol groups is 1. The van der Waals surface area contributed by atoms with Crippen LogP contribution in [-0.4, -0.2) is 55.5 Å². The van der Waals surface area contributed by atoms with Crippen molar-refractivity contribution in [3.8, 4) is 0 Å². The zero-order valence-electron chi connectivity index (χ0n) is 14.3. The number of ether oxygens (including phenoxy) is 2. The Hall–Kier alpha value is -1.74. The van der Waals surface area contributed by atoms with E-state index in [4.69, 9.17) is 14.3 Å². The predicted molar refractivity (Wildman–Crippen MR) is 97.6 cm³/mol. The van der Waals surface area contributed by atoms with Crippen LogP contribution in [0.4, 0.5) is 4.79 Å². The smallest absolute Gasteiger partial charge is 0.407 e. The van der Waals surface area contributed by atoms with Gasteiger partial charge in [-0.1, -0.05) is 18.2 Å². The number of para-hydroxylation sites is 1. The van der Waals surface area contributed by atoms with Crippen molar-refractivity contribution in [2.24, 2.45) is 0 Å². The highest BCUT2D eigenvalue weighted by Gasteiger charge is 2.37. The number of hydrogen-bond acceptors (Lipinski definition) is 6. The summed E-state index contributed by atoms with van der Waals surface area (Å²) in [6.45, 7) is 0.833. The third kappa shape index (κ3) is 3.62. The number of hydrogen-bond donors (Lipinski definition) is 3. The molecule has 8 heteroatoms. The number of carbonyl (C=O) groups excluding carboxylic acids is 1. The molecule has 0 bridgehead atoms. The maximum absolute atomic E-state index is 11.8. The molecule has 0 radical (unpaired) electrons. The fourth-order valence-corrected chi connectivity index (χ4v) is 3.64. The van der Waals surface area contributed by atoms with E-state index in [1.807, 2.05) is 17.2 Å². The normalized spacial score (nSPS) is 18.8. The van der Waals surface area contributed by atoms with E-state index in [2.05, 4.69) is 35.1 Å². The maximum Gasteiger partial charge on any atom is 0.407 e. The van der Waals surface area contributed by atoms with Gasteiger partial charge in [-0.3, -0.25) is 4.84 Å². The van der Waals surface area contributed by atoms with Crippen molar-refractivity contribution in [3.05, 3.63) is 35.5 Å². The molecule has 2 atom stereocenters. The van der Waals surface area contributed by atoms with Crippen molar-refractivity contribution < 1.29 is 19.1 Å². The van der Waals surface area contributed by atoms with Crippen molar-refractivity contribution in [2.75, 3.05) is 33.3 Å². The zero-order chi connectivity index (χ0) is 17.8. The monoisotopic (exact) mass is 365 g/mol. The molecule has 0 saturated carbocycles. The van der Waals surface area contributed by atoms with Gasteiger partial charge in [0.25, 0.3) is 0 Å². The summed E-state index contributed by atoms with van der Waals surface area (Å²) in [5.41, 5.74) is 3.34. The Morgan fingerprint density at radius 3 is 2.96 bits per heavy atom. The Bertz CT molecular complexity index is 736. The fraction of sp³-hybridized carbons (Fsp3) is 0.471. The molecule has 0 saturated heterocycles. The van der Waals surface area contributed by atoms with Crippen LogP contribution < -0.4 is 5.32 Å². The second kappa shape index (κ2) is 8.09. The summed E-state index contributed by atoms with van der Waals surface area (Å²) < 4.78 is 9.81. The molecule has 0 unspecified atom stereocenters. The minimum atomic E-state index is -0.492. The highest BCUT2D eigenvalue weighted by molar-refractivity contribution is 7.80. The molecule has 1 aromatic carbocycles. The van der Waals surface area contributed by atoms with E-state index in [0.717, 1.165) is 17.6 Å². The van der Waals surface area contributed by atoms with E-state index in [0.29, 0.717) is 12.3 Å². The number of aromatic amines is 1. The Balaban J connectivity index is 2.00. The molecule has 0 spiro atoms. The first-order valence-corrected chi connectivity index (χ1v) is 8.76. The number of hydroxylamine groups is 2.